The van der Waals surface area contributed by atoms with Crippen molar-refractivity contribution >= 4 is 10.2 Å². The van der Waals surface area contributed by atoms with E-state index in [4.69, 9.17) is 5.11 Å². The molecule has 0 fully saturated rings. The molecule has 0 saturated carbocycles. The molecule has 104 valence electrons. The number of nitrogens with one attached hydrogen (secondary N) is 1. The van der Waals surface area contributed by atoms with E-state index in [1.165, 1.54) is 7.11 Å². The molecule has 17 heavy (non-hydrogen) atoms. The van der Waals surface area contributed by atoms with Crippen LogP contribution in [0.3, 0.4) is 0 Å². The van der Waals surface area contributed by atoms with Crippen molar-refractivity contribution in [2.75, 3.05) is 40.0 Å². The molecule has 2 N–H and O–H groups in total. The van der Waals surface area contributed by atoms with Crippen LogP contribution in [0.25, 0.3) is 0 Å². The molecule has 0 aromatic heterocycles. The van der Waals surface area contributed by atoms with Crippen LogP contribution in [0, 0.1) is 0 Å². The monoisotopic (exact) mass is 280 g/mol. The summed E-state index contributed by atoms with van der Waals surface area (Å²) in [5.41, 5.74) is 0. The standard InChI is InChI=1S/C7H15F3N2O4S/c1-16-5-2-11-17(14,15)12(3-4-13)6-7(8,9)10/h11,13H,2-6H2,1H3. The van der Waals surface area contributed by atoms with Crippen LogP contribution >= 0.6 is 0 Å². The SMILES string of the molecule is COCCNS(=O)(=O)N(CCO)CC(F)(F)F. The molecule has 0 radical (unpaired) electrons. The Morgan fingerprint density at radius 3 is 2.41 bits per heavy atom. The van der Waals surface area contributed by atoms with E-state index >= 15 is 0 Å². The van der Waals surface area contributed by atoms with Crippen LogP contribution in [0.1, 0.15) is 0 Å². The maximum absolute atomic E-state index is 12.1. The maximum atomic E-state index is 12.1. The van der Waals surface area contributed by atoms with Crippen LogP contribution in [0.2, 0.25) is 0 Å². The average Bonchev–Trinajstić information content (AvgIpc) is 2.15. The summed E-state index contributed by atoms with van der Waals surface area (Å²) in [6.07, 6.45) is -4.66. The first-order chi connectivity index (χ1) is 7.73. The molecule has 0 amide bonds. The summed E-state index contributed by atoms with van der Waals surface area (Å²) in [4.78, 5) is 0. The molecule has 0 saturated heterocycles. The smallest absolute Gasteiger partial charge is 0.395 e. The van der Waals surface area contributed by atoms with Crippen molar-refractivity contribution in [2.45, 2.75) is 6.18 Å². The molecule has 0 aliphatic heterocycles. The first-order valence-corrected chi connectivity index (χ1v) is 6.08. The summed E-state index contributed by atoms with van der Waals surface area (Å²) in [5.74, 6) is 0. The zero-order valence-corrected chi connectivity index (χ0v) is 10.0. The van der Waals surface area contributed by atoms with E-state index in [0.29, 0.717) is 0 Å². The van der Waals surface area contributed by atoms with Crippen molar-refractivity contribution < 1.29 is 31.4 Å². The molecule has 0 aliphatic rings. The van der Waals surface area contributed by atoms with E-state index in [1.54, 1.807) is 0 Å². The Morgan fingerprint density at radius 2 is 2.00 bits per heavy atom. The van der Waals surface area contributed by atoms with Gasteiger partial charge in [0, 0.05) is 20.2 Å². The highest BCUT2D eigenvalue weighted by Crippen LogP contribution is 2.17. The van der Waals surface area contributed by atoms with E-state index in [1.807, 2.05) is 4.72 Å². The molecule has 0 unspecified atom stereocenters. The Bertz CT molecular complexity index is 307. The maximum Gasteiger partial charge on any atom is 0.402 e. The molecule has 6 nitrogen and oxygen atoms in total. The Morgan fingerprint density at radius 1 is 1.41 bits per heavy atom. The number of methoxy groups -OCH3 is 1. The topological polar surface area (TPSA) is 78.9 Å². The Kier molecular flexibility index (Phi) is 6.94. The Labute approximate surface area is 97.5 Å². The van der Waals surface area contributed by atoms with Crippen molar-refractivity contribution in [1.29, 1.82) is 0 Å². The number of ether oxygens (including phenoxy) is 1. The van der Waals surface area contributed by atoms with Gasteiger partial charge in [-0.1, -0.05) is 0 Å². The molecular formula is C7H15F3N2O4S. The van der Waals surface area contributed by atoms with Gasteiger partial charge in [0.1, 0.15) is 6.54 Å². The summed E-state index contributed by atoms with van der Waals surface area (Å²) < 4.78 is 65.8. The molecule has 0 aromatic carbocycles. The van der Waals surface area contributed by atoms with Gasteiger partial charge in [-0.05, 0) is 0 Å². The number of aliphatic hydroxyl groups excluding tert-OH is 1. The van der Waals surface area contributed by atoms with Gasteiger partial charge in [0.2, 0.25) is 0 Å². The third kappa shape index (κ3) is 7.49. The van der Waals surface area contributed by atoms with Crippen molar-refractivity contribution in [3.05, 3.63) is 0 Å². The third-order valence-corrected chi connectivity index (χ3v) is 3.20. The minimum atomic E-state index is -4.66. The van der Waals surface area contributed by atoms with E-state index in [2.05, 4.69) is 4.74 Å². The molecule has 0 rings (SSSR count). The fourth-order valence-corrected chi connectivity index (χ4v) is 2.12. The normalized spacial score (nSPS) is 13.3. The second-order valence-corrected chi connectivity index (χ2v) is 4.82. The van der Waals surface area contributed by atoms with Gasteiger partial charge in [-0.15, -0.1) is 0 Å². The fraction of sp³-hybridized carbons (Fsp3) is 1.00. The van der Waals surface area contributed by atoms with Gasteiger partial charge in [-0.25, -0.2) is 0 Å². The van der Waals surface area contributed by atoms with Gasteiger partial charge in [0.05, 0.1) is 13.2 Å². The van der Waals surface area contributed by atoms with Gasteiger partial charge in [0.15, 0.2) is 0 Å². The van der Waals surface area contributed by atoms with E-state index in [-0.39, 0.29) is 17.5 Å². The minimum Gasteiger partial charge on any atom is -0.395 e. The van der Waals surface area contributed by atoms with Crippen LogP contribution in [0.4, 0.5) is 13.2 Å². The van der Waals surface area contributed by atoms with Crippen molar-refractivity contribution in [1.82, 2.24) is 9.03 Å². The lowest BCUT2D eigenvalue weighted by Crippen LogP contribution is -2.47. The second kappa shape index (κ2) is 7.11. The molecule has 10 heteroatoms. The lowest BCUT2D eigenvalue weighted by molar-refractivity contribution is -0.136. The molecule has 0 heterocycles. The largest absolute Gasteiger partial charge is 0.402 e. The molecule has 0 spiro atoms. The Hall–Kier alpha value is -0.420. The number of hydrogen-bond donors (Lipinski definition) is 2. The molecule has 0 aliphatic carbocycles. The second-order valence-electron chi connectivity index (χ2n) is 3.06. The summed E-state index contributed by atoms with van der Waals surface area (Å²) in [6.45, 7) is -3.06. The highest BCUT2D eigenvalue weighted by atomic mass is 32.2. The minimum absolute atomic E-state index is 0.0399. The Balaban J connectivity index is 4.56. The first-order valence-electron chi connectivity index (χ1n) is 4.64. The van der Waals surface area contributed by atoms with Crippen molar-refractivity contribution in [3.8, 4) is 0 Å². The van der Waals surface area contributed by atoms with E-state index in [0.717, 1.165) is 0 Å². The van der Waals surface area contributed by atoms with Gasteiger partial charge in [0.25, 0.3) is 10.2 Å². The predicted octanol–water partition coefficient (Wildman–Crippen LogP) is -0.676. The number of halogens is 3. The highest BCUT2D eigenvalue weighted by molar-refractivity contribution is 7.87. The van der Waals surface area contributed by atoms with E-state index < -0.39 is 36.1 Å². The quantitative estimate of drug-likeness (QED) is 0.578. The van der Waals surface area contributed by atoms with Crippen LogP contribution in [0.15, 0.2) is 0 Å². The summed E-state index contributed by atoms with van der Waals surface area (Å²) in [7, 11) is -2.94. The number of nitrogens with zero attached hydrogens (tertiary/aromatic N) is 1. The summed E-state index contributed by atoms with van der Waals surface area (Å²) in [5, 5.41) is 8.54. The molecule has 0 bridgehead atoms. The number of rotatable bonds is 8. The zero-order valence-electron chi connectivity index (χ0n) is 9.20. The number of alkyl halides is 3. The lowest BCUT2D eigenvalue weighted by Gasteiger charge is -2.22. The number of hydrogen-bond acceptors (Lipinski definition) is 4. The van der Waals surface area contributed by atoms with Gasteiger partial charge in [-0.2, -0.15) is 30.6 Å². The van der Waals surface area contributed by atoms with Crippen molar-refractivity contribution in [3.63, 3.8) is 0 Å². The first kappa shape index (κ1) is 16.6. The van der Waals surface area contributed by atoms with Gasteiger partial charge >= 0.3 is 6.18 Å². The van der Waals surface area contributed by atoms with Crippen LogP contribution < -0.4 is 4.72 Å². The predicted molar refractivity (Wildman–Crippen MR) is 53.5 cm³/mol. The van der Waals surface area contributed by atoms with Gasteiger partial charge in [-0.3, -0.25) is 0 Å². The fourth-order valence-electron chi connectivity index (χ4n) is 0.960. The lowest BCUT2D eigenvalue weighted by atomic mass is 10.6. The average molecular weight is 280 g/mol. The van der Waals surface area contributed by atoms with E-state index in [9.17, 15) is 21.6 Å². The van der Waals surface area contributed by atoms with Crippen LogP contribution in [0.5, 0.6) is 0 Å². The zero-order chi connectivity index (χ0) is 13.5. The summed E-state index contributed by atoms with van der Waals surface area (Å²) >= 11 is 0. The van der Waals surface area contributed by atoms with Crippen LogP contribution in [-0.2, 0) is 14.9 Å². The molecule has 0 atom stereocenters. The summed E-state index contributed by atoms with van der Waals surface area (Å²) in [6, 6.07) is 0. The van der Waals surface area contributed by atoms with Gasteiger partial charge < -0.3 is 9.84 Å². The third-order valence-electron chi connectivity index (χ3n) is 1.64. The van der Waals surface area contributed by atoms with Crippen LogP contribution in [-0.4, -0.2) is 64.0 Å². The number of aliphatic hydroxyl groups is 1. The molecule has 0 aromatic rings. The van der Waals surface area contributed by atoms with Crippen molar-refractivity contribution in [2.24, 2.45) is 0 Å². The molecular weight excluding hydrogens is 265 g/mol. The highest BCUT2D eigenvalue weighted by Gasteiger charge is 2.35.